The van der Waals surface area contributed by atoms with Crippen molar-refractivity contribution in [2.75, 3.05) is 0 Å². The maximum absolute atomic E-state index is 5.35. The maximum Gasteiger partial charge on any atom is 0.143 e. The highest BCUT2D eigenvalue weighted by Gasteiger charge is 2.20. The fraction of sp³-hybridized carbons (Fsp3) is 0.111. The van der Waals surface area contributed by atoms with E-state index in [1.807, 2.05) is 38.1 Å². The van der Waals surface area contributed by atoms with E-state index in [9.17, 15) is 0 Å². The van der Waals surface area contributed by atoms with Crippen molar-refractivity contribution in [2.24, 2.45) is 0 Å². The van der Waals surface area contributed by atoms with Crippen molar-refractivity contribution < 1.29 is 4.52 Å². The number of aryl methyl sites for hydroxylation is 2. The lowest BCUT2D eigenvalue weighted by atomic mass is 10.1. The molecule has 0 unspecified atom stereocenters. The molecule has 4 aromatic rings. The lowest BCUT2D eigenvalue weighted by Gasteiger charge is -2.04. The Morgan fingerprint density at radius 2 is 1.87 bits per heavy atom. The monoisotopic (exact) mass is 321 g/mol. The van der Waals surface area contributed by atoms with Gasteiger partial charge in [-0.05, 0) is 38.1 Å². The van der Waals surface area contributed by atoms with E-state index in [-0.39, 0.29) is 0 Å². The Morgan fingerprint density at radius 3 is 2.61 bits per heavy atom. The molecule has 0 saturated carbocycles. The van der Waals surface area contributed by atoms with Crippen LogP contribution in [0.3, 0.4) is 0 Å². The molecule has 3 heterocycles. The summed E-state index contributed by atoms with van der Waals surface area (Å²) in [7, 11) is 0. The second kappa shape index (κ2) is 5.59. The van der Waals surface area contributed by atoms with Gasteiger partial charge in [0.15, 0.2) is 0 Å². The summed E-state index contributed by atoms with van der Waals surface area (Å²) in [6.45, 7) is 3.90. The molecule has 0 amide bonds. The predicted molar refractivity (Wildman–Crippen MR) is 91.6 cm³/mol. The third-order valence-electron chi connectivity index (χ3n) is 3.77. The molecular formula is C18H15N3OS. The van der Waals surface area contributed by atoms with Gasteiger partial charge in [-0.1, -0.05) is 35.1 Å². The molecule has 0 aliphatic rings. The lowest BCUT2D eigenvalue weighted by Crippen LogP contribution is -1.84. The molecule has 1 aromatic carbocycles. The van der Waals surface area contributed by atoms with E-state index < -0.39 is 0 Å². The van der Waals surface area contributed by atoms with Gasteiger partial charge < -0.3 is 9.51 Å². The Morgan fingerprint density at radius 1 is 1.04 bits per heavy atom. The van der Waals surface area contributed by atoms with E-state index in [0.29, 0.717) is 0 Å². The zero-order valence-electron chi connectivity index (χ0n) is 12.8. The van der Waals surface area contributed by atoms with Gasteiger partial charge in [0, 0.05) is 21.4 Å². The van der Waals surface area contributed by atoms with Gasteiger partial charge in [-0.3, -0.25) is 0 Å². The fourth-order valence-electron chi connectivity index (χ4n) is 2.73. The van der Waals surface area contributed by atoms with Crippen LogP contribution in [0.2, 0.25) is 0 Å². The summed E-state index contributed by atoms with van der Waals surface area (Å²) in [6, 6.07) is 14.4. The summed E-state index contributed by atoms with van der Waals surface area (Å²) in [4.78, 5) is 10.2. The van der Waals surface area contributed by atoms with Gasteiger partial charge >= 0.3 is 0 Å². The molecule has 3 aromatic heterocycles. The van der Waals surface area contributed by atoms with Crippen LogP contribution in [0.1, 0.15) is 11.5 Å². The van der Waals surface area contributed by atoms with Crippen LogP contribution < -0.4 is 0 Å². The average molecular weight is 321 g/mol. The largest absolute Gasteiger partial charge is 0.361 e. The van der Waals surface area contributed by atoms with Crippen molar-refractivity contribution in [3.05, 3.63) is 60.1 Å². The molecule has 0 saturated heterocycles. The number of aromatic nitrogens is 3. The standard InChI is InChI=1S/C18H15N3OS/c1-11-15(12(2)22-21-11)16-17(23-13-7-4-3-5-8-13)14-9-6-10-19-18(14)20-16/h3-10H,1-2H3,(H,19,20). The molecule has 114 valence electrons. The highest BCUT2D eigenvalue weighted by molar-refractivity contribution is 7.99. The molecule has 0 spiro atoms. The zero-order valence-corrected chi connectivity index (χ0v) is 13.6. The number of nitrogens with one attached hydrogen (secondary N) is 1. The Kier molecular flexibility index (Phi) is 3.42. The van der Waals surface area contributed by atoms with Gasteiger partial charge in [-0.2, -0.15) is 0 Å². The molecule has 5 heteroatoms. The van der Waals surface area contributed by atoms with Crippen molar-refractivity contribution in [2.45, 2.75) is 23.6 Å². The predicted octanol–water partition coefficient (Wildman–Crippen LogP) is 4.99. The second-order valence-corrected chi connectivity index (χ2v) is 6.43. The number of aromatic amines is 1. The maximum atomic E-state index is 5.35. The van der Waals surface area contributed by atoms with E-state index in [1.165, 1.54) is 4.90 Å². The Hall–Kier alpha value is -2.53. The third kappa shape index (κ3) is 2.43. The minimum Gasteiger partial charge on any atom is -0.361 e. The smallest absolute Gasteiger partial charge is 0.143 e. The first kappa shape index (κ1) is 14.1. The molecular weight excluding hydrogens is 306 g/mol. The Balaban J connectivity index is 1.95. The summed E-state index contributed by atoms with van der Waals surface area (Å²) in [5, 5.41) is 5.19. The van der Waals surface area contributed by atoms with Gasteiger partial charge in [0.1, 0.15) is 11.4 Å². The highest BCUT2D eigenvalue weighted by Crippen LogP contribution is 2.42. The average Bonchev–Trinajstić information content (AvgIpc) is 3.09. The van der Waals surface area contributed by atoms with Crippen molar-refractivity contribution in [3.8, 4) is 11.3 Å². The summed E-state index contributed by atoms with van der Waals surface area (Å²) in [6.07, 6.45) is 1.80. The van der Waals surface area contributed by atoms with Crippen LogP contribution in [-0.2, 0) is 0 Å². The molecule has 0 atom stereocenters. The zero-order chi connectivity index (χ0) is 15.8. The SMILES string of the molecule is Cc1noc(C)c1-c1[nH]c2ncccc2c1Sc1ccccc1. The number of fused-ring (bicyclic) bond motifs is 1. The van der Waals surface area contributed by atoms with Crippen LogP contribution in [-0.4, -0.2) is 15.1 Å². The number of rotatable bonds is 3. The van der Waals surface area contributed by atoms with Crippen molar-refractivity contribution in [1.82, 2.24) is 15.1 Å². The summed E-state index contributed by atoms with van der Waals surface area (Å²) in [5.74, 6) is 0.809. The van der Waals surface area contributed by atoms with Crippen molar-refractivity contribution in [1.29, 1.82) is 0 Å². The lowest BCUT2D eigenvalue weighted by molar-refractivity contribution is 0.393. The first-order valence-corrected chi connectivity index (χ1v) is 8.18. The Labute approximate surface area is 137 Å². The van der Waals surface area contributed by atoms with E-state index in [2.05, 4.69) is 33.3 Å². The van der Waals surface area contributed by atoms with Crippen LogP contribution in [0.15, 0.2) is 63.0 Å². The van der Waals surface area contributed by atoms with Crippen molar-refractivity contribution in [3.63, 3.8) is 0 Å². The van der Waals surface area contributed by atoms with Crippen LogP contribution in [0.25, 0.3) is 22.3 Å². The third-order valence-corrected chi connectivity index (χ3v) is 4.91. The molecule has 1 N–H and O–H groups in total. The summed E-state index contributed by atoms with van der Waals surface area (Å²) >= 11 is 1.73. The van der Waals surface area contributed by atoms with Crippen LogP contribution in [0.4, 0.5) is 0 Å². The summed E-state index contributed by atoms with van der Waals surface area (Å²) < 4.78 is 5.35. The van der Waals surface area contributed by atoms with Gasteiger partial charge in [0.25, 0.3) is 0 Å². The number of H-pyrrole nitrogens is 1. The van der Waals surface area contributed by atoms with E-state index in [1.54, 1.807) is 18.0 Å². The molecule has 0 fully saturated rings. The second-order valence-electron chi connectivity index (χ2n) is 5.34. The first-order valence-electron chi connectivity index (χ1n) is 7.37. The molecule has 4 nitrogen and oxygen atoms in total. The number of hydrogen-bond donors (Lipinski definition) is 1. The number of nitrogens with zero attached hydrogens (tertiary/aromatic N) is 2. The highest BCUT2D eigenvalue weighted by atomic mass is 32.2. The van der Waals surface area contributed by atoms with Gasteiger partial charge in [-0.25, -0.2) is 4.98 Å². The molecule has 0 radical (unpaired) electrons. The first-order chi connectivity index (χ1) is 11.2. The van der Waals surface area contributed by atoms with Crippen LogP contribution >= 0.6 is 11.8 Å². The number of pyridine rings is 1. The minimum absolute atomic E-state index is 0.809. The molecule has 0 bridgehead atoms. The quantitative estimate of drug-likeness (QED) is 0.578. The number of hydrogen-bond acceptors (Lipinski definition) is 4. The van der Waals surface area contributed by atoms with Gasteiger partial charge in [0.2, 0.25) is 0 Å². The van der Waals surface area contributed by atoms with Crippen molar-refractivity contribution >= 4 is 22.8 Å². The van der Waals surface area contributed by atoms with Gasteiger partial charge in [0.05, 0.1) is 17.0 Å². The molecule has 4 rings (SSSR count). The minimum atomic E-state index is 0.809. The number of benzene rings is 1. The van der Waals surface area contributed by atoms with E-state index >= 15 is 0 Å². The van der Waals surface area contributed by atoms with E-state index in [4.69, 9.17) is 4.52 Å². The normalized spacial score (nSPS) is 11.2. The fourth-order valence-corrected chi connectivity index (χ4v) is 3.79. The summed E-state index contributed by atoms with van der Waals surface area (Å²) in [5.41, 5.74) is 3.79. The topological polar surface area (TPSA) is 54.7 Å². The molecule has 0 aliphatic heterocycles. The van der Waals surface area contributed by atoms with E-state index in [0.717, 1.165) is 38.6 Å². The molecule has 0 aliphatic carbocycles. The molecule has 23 heavy (non-hydrogen) atoms. The van der Waals surface area contributed by atoms with Crippen LogP contribution in [0, 0.1) is 13.8 Å². The van der Waals surface area contributed by atoms with Gasteiger partial charge in [-0.15, -0.1) is 0 Å². The van der Waals surface area contributed by atoms with Crippen LogP contribution in [0.5, 0.6) is 0 Å². The Bertz CT molecular complexity index is 953.